The summed E-state index contributed by atoms with van der Waals surface area (Å²) >= 11 is 0. The minimum atomic E-state index is -0.249. The van der Waals surface area contributed by atoms with E-state index in [1.54, 1.807) is 41.4 Å². The topological polar surface area (TPSA) is 71.5 Å². The van der Waals surface area contributed by atoms with Crippen molar-refractivity contribution in [1.82, 2.24) is 4.98 Å². The van der Waals surface area contributed by atoms with Crippen LogP contribution in [-0.4, -0.2) is 29.9 Å². The van der Waals surface area contributed by atoms with E-state index in [9.17, 15) is 9.59 Å². The van der Waals surface area contributed by atoms with E-state index < -0.39 is 0 Å². The molecule has 1 aromatic heterocycles. The monoisotopic (exact) mass is 325 g/mol. The third-order valence-electron chi connectivity index (χ3n) is 3.63. The molecule has 24 heavy (non-hydrogen) atoms. The van der Waals surface area contributed by atoms with Crippen LogP contribution in [0, 0.1) is 5.92 Å². The van der Waals surface area contributed by atoms with E-state index >= 15 is 0 Å². The number of nitrogens with one attached hydrogen (secondary N) is 1. The van der Waals surface area contributed by atoms with Gasteiger partial charge in [0.05, 0.1) is 11.3 Å². The molecule has 1 aliphatic heterocycles. The Labute approximate surface area is 140 Å². The van der Waals surface area contributed by atoms with Gasteiger partial charge >= 0.3 is 0 Å². The van der Waals surface area contributed by atoms with Crippen LogP contribution in [0.1, 0.15) is 24.2 Å². The highest BCUT2D eigenvalue weighted by molar-refractivity contribution is 6.05. The zero-order chi connectivity index (χ0) is 17.1. The first-order valence-corrected chi connectivity index (χ1v) is 7.83. The first-order chi connectivity index (χ1) is 11.5. The summed E-state index contributed by atoms with van der Waals surface area (Å²) in [6.07, 6.45) is 3.12. The van der Waals surface area contributed by atoms with Crippen LogP contribution < -0.4 is 15.0 Å². The molecule has 6 nitrogen and oxygen atoms in total. The third kappa shape index (κ3) is 3.37. The van der Waals surface area contributed by atoms with Gasteiger partial charge in [-0.2, -0.15) is 0 Å². The standard InChI is InChI=1S/C18H19N3O3/c1-12(2)10-21-15-8-14(5-6-16(15)24-11-17(21)22)20-18(23)13-4-3-7-19-9-13/h3-9,12H,10-11H2,1-2H3,(H,20,23). The summed E-state index contributed by atoms with van der Waals surface area (Å²) in [7, 11) is 0. The van der Waals surface area contributed by atoms with Gasteiger partial charge in [0.2, 0.25) is 0 Å². The number of ether oxygens (including phenoxy) is 1. The maximum atomic E-state index is 12.2. The fraction of sp³-hybridized carbons (Fsp3) is 0.278. The minimum Gasteiger partial charge on any atom is -0.482 e. The molecule has 0 spiro atoms. The molecule has 0 radical (unpaired) electrons. The molecule has 2 amide bonds. The van der Waals surface area contributed by atoms with Gasteiger partial charge in [0.25, 0.3) is 11.8 Å². The van der Waals surface area contributed by atoms with Crippen LogP contribution in [0.4, 0.5) is 11.4 Å². The first-order valence-electron chi connectivity index (χ1n) is 7.83. The second kappa shape index (κ2) is 6.70. The van der Waals surface area contributed by atoms with E-state index in [1.165, 1.54) is 6.20 Å². The fourth-order valence-corrected chi connectivity index (χ4v) is 2.55. The lowest BCUT2D eigenvalue weighted by atomic mass is 10.1. The summed E-state index contributed by atoms with van der Waals surface area (Å²) in [5, 5.41) is 2.82. The molecule has 0 bridgehead atoms. The Morgan fingerprint density at radius 3 is 2.92 bits per heavy atom. The number of fused-ring (bicyclic) bond motifs is 1. The van der Waals surface area contributed by atoms with Gasteiger partial charge in [0.15, 0.2) is 6.61 Å². The van der Waals surface area contributed by atoms with Crippen LogP contribution in [0.2, 0.25) is 0 Å². The van der Waals surface area contributed by atoms with Gasteiger partial charge in [0.1, 0.15) is 5.75 Å². The molecule has 124 valence electrons. The van der Waals surface area contributed by atoms with E-state index in [2.05, 4.69) is 24.1 Å². The molecule has 0 unspecified atom stereocenters. The van der Waals surface area contributed by atoms with E-state index in [0.717, 1.165) is 0 Å². The maximum absolute atomic E-state index is 12.2. The quantitative estimate of drug-likeness (QED) is 0.938. The number of nitrogens with zero attached hydrogens (tertiary/aromatic N) is 2. The number of carbonyl (C=O) groups excluding carboxylic acids is 2. The van der Waals surface area contributed by atoms with E-state index in [4.69, 9.17) is 4.74 Å². The number of hydrogen-bond donors (Lipinski definition) is 1. The van der Waals surface area contributed by atoms with Crippen molar-refractivity contribution in [2.24, 2.45) is 5.92 Å². The lowest BCUT2D eigenvalue weighted by Gasteiger charge is -2.31. The number of pyridine rings is 1. The van der Waals surface area contributed by atoms with Gasteiger partial charge in [-0.25, -0.2) is 0 Å². The number of amides is 2. The van der Waals surface area contributed by atoms with Gasteiger partial charge in [-0.05, 0) is 36.2 Å². The van der Waals surface area contributed by atoms with E-state index in [-0.39, 0.29) is 18.4 Å². The largest absolute Gasteiger partial charge is 0.482 e. The van der Waals surface area contributed by atoms with Crippen LogP contribution in [0.3, 0.4) is 0 Å². The molecule has 0 aliphatic carbocycles. The zero-order valence-electron chi connectivity index (χ0n) is 13.7. The normalized spacial score (nSPS) is 13.5. The third-order valence-corrected chi connectivity index (χ3v) is 3.63. The van der Waals surface area contributed by atoms with Gasteiger partial charge in [0, 0.05) is 24.6 Å². The van der Waals surface area contributed by atoms with Crippen molar-refractivity contribution in [1.29, 1.82) is 0 Å². The number of rotatable bonds is 4. The number of hydrogen-bond acceptors (Lipinski definition) is 4. The Morgan fingerprint density at radius 1 is 1.38 bits per heavy atom. The highest BCUT2D eigenvalue weighted by Gasteiger charge is 2.26. The molecular weight excluding hydrogens is 306 g/mol. The van der Waals surface area contributed by atoms with Crippen molar-refractivity contribution in [3.8, 4) is 5.75 Å². The Kier molecular flexibility index (Phi) is 4.46. The predicted molar refractivity (Wildman–Crippen MR) is 91.3 cm³/mol. The molecule has 6 heteroatoms. The Bertz CT molecular complexity index is 759. The smallest absolute Gasteiger partial charge is 0.265 e. The summed E-state index contributed by atoms with van der Waals surface area (Å²) in [6, 6.07) is 8.70. The molecule has 0 saturated carbocycles. The lowest BCUT2D eigenvalue weighted by molar-refractivity contribution is -0.121. The summed E-state index contributed by atoms with van der Waals surface area (Å²) in [6.45, 7) is 4.75. The van der Waals surface area contributed by atoms with Crippen LogP contribution in [-0.2, 0) is 4.79 Å². The highest BCUT2D eigenvalue weighted by Crippen LogP contribution is 2.35. The van der Waals surface area contributed by atoms with Crippen molar-refractivity contribution in [3.63, 3.8) is 0 Å². The summed E-state index contributed by atoms with van der Waals surface area (Å²) in [5.41, 5.74) is 1.76. The predicted octanol–water partition coefficient (Wildman–Crippen LogP) is 2.72. The average Bonchev–Trinajstić information content (AvgIpc) is 2.58. The summed E-state index contributed by atoms with van der Waals surface area (Å²) in [4.78, 5) is 30.0. The van der Waals surface area contributed by atoms with Crippen molar-refractivity contribution in [2.45, 2.75) is 13.8 Å². The molecule has 0 atom stereocenters. The summed E-state index contributed by atoms with van der Waals surface area (Å²) in [5.74, 6) is 0.650. The zero-order valence-corrected chi connectivity index (χ0v) is 13.7. The van der Waals surface area contributed by atoms with E-state index in [1.807, 2.05) is 0 Å². The molecule has 0 saturated heterocycles. The number of aromatic nitrogens is 1. The molecule has 2 aromatic rings. The SMILES string of the molecule is CC(C)CN1C(=O)COc2ccc(NC(=O)c3cccnc3)cc21. The van der Waals surface area contributed by atoms with Gasteiger partial charge in [-0.15, -0.1) is 0 Å². The van der Waals surface area contributed by atoms with Crippen LogP contribution in [0.15, 0.2) is 42.7 Å². The number of anilines is 2. The lowest BCUT2D eigenvalue weighted by Crippen LogP contribution is -2.41. The van der Waals surface area contributed by atoms with Crippen LogP contribution >= 0.6 is 0 Å². The molecule has 2 heterocycles. The first kappa shape index (κ1) is 16.0. The minimum absolute atomic E-state index is 0.0428. The second-order valence-corrected chi connectivity index (χ2v) is 6.07. The van der Waals surface area contributed by atoms with Crippen molar-refractivity contribution < 1.29 is 14.3 Å². The van der Waals surface area contributed by atoms with Crippen LogP contribution in [0.5, 0.6) is 5.75 Å². The van der Waals surface area contributed by atoms with Gasteiger partial charge in [-0.1, -0.05) is 13.8 Å². The van der Waals surface area contributed by atoms with Crippen molar-refractivity contribution >= 4 is 23.2 Å². The Morgan fingerprint density at radius 2 is 2.21 bits per heavy atom. The Hall–Kier alpha value is -2.89. The fourth-order valence-electron chi connectivity index (χ4n) is 2.55. The highest BCUT2D eigenvalue weighted by atomic mass is 16.5. The molecular formula is C18H19N3O3. The maximum Gasteiger partial charge on any atom is 0.265 e. The molecule has 1 aliphatic rings. The number of carbonyl (C=O) groups is 2. The van der Waals surface area contributed by atoms with Crippen molar-refractivity contribution in [3.05, 3.63) is 48.3 Å². The van der Waals surface area contributed by atoms with Gasteiger partial charge < -0.3 is 15.0 Å². The van der Waals surface area contributed by atoms with Crippen molar-refractivity contribution in [2.75, 3.05) is 23.4 Å². The molecule has 1 aromatic carbocycles. The number of benzene rings is 1. The summed E-state index contributed by atoms with van der Waals surface area (Å²) < 4.78 is 5.48. The Balaban J connectivity index is 1.85. The molecule has 3 rings (SSSR count). The van der Waals surface area contributed by atoms with E-state index in [0.29, 0.717) is 35.2 Å². The molecule has 0 fully saturated rings. The average molecular weight is 325 g/mol. The van der Waals surface area contributed by atoms with Gasteiger partial charge in [-0.3, -0.25) is 14.6 Å². The second-order valence-electron chi connectivity index (χ2n) is 6.07. The molecule has 1 N–H and O–H groups in total. The van der Waals surface area contributed by atoms with Crippen LogP contribution in [0.25, 0.3) is 0 Å².